The van der Waals surface area contributed by atoms with E-state index in [-0.39, 0.29) is 18.7 Å². The number of amides is 1. The fourth-order valence-electron chi connectivity index (χ4n) is 2.21. The van der Waals surface area contributed by atoms with E-state index in [4.69, 9.17) is 28.3 Å². The zero-order chi connectivity index (χ0) is 15.9. The van der Waals surface area contributed by atoms with Gasteiger partial charge in [-0.1, -0.05) is 23.2 Å². The van der Waals surface area contributed by atoms with E-state index in [0.29, 0.717) is 0 Å². The summed E-state index contributed by atoms with van der Waals surface area (Å²) < 4.78 is 49.4. The number of carbonyl (C=O) groups is 1. The first-order chi connectivity index (χ1) is 9.60. The first-order valence-electron chi connectivity index (χ1n) is 5.74. The van der Waals surface area contributed by atoms with Crippen molar-refractivity contribution in [2.45, 2.75) is 6.42 Å². The second-order valence-corrected chi connectivity index (χ2v) is 7.17. The minimum absolute atomic E-state index is 0.0650. The Hall–Kier alpha value is -0.960. The average molecular weight is 359 g/mol. The van der Waals surface area contributed by atoms with Gasteiger partial charge in [0.05, 0.1) is 16.5 Å². The van der Waals surface area contributed by atoms with Crippen LogP contribution in [0.5, 0.6) is 0 Å². The van der Waals surface area contributed by atoms with Crippen molar-refractivity contribution in [1.29, 1.82) is 0 Å². The molecular formula is C11H10Cl2F2N2O3S. The largest absolute Gasteiger partial charge is 0.309 e. The number of primary sulfonamides is 1. The van der Waals surface area contributed by atoms with Gasteiger partial charge in [0.25, 0.3) is 0 Å². The maximum Gasteiger partial charge on any atom is 0.227 e. The molecule has 2 N–H and O–H groups in total. The van der Waals surface area contributed by atoms with Crippen LogP contribution in [0.3, 0.4) is 0 Å². The van der Waals surface area contributed by atoms with Crippen LogP contribution >= 0.6 is 23.2 Å². The van der Waals surface area contributed by atoms with Gasteiger partial charge in [-0.2, -0.15) is 0 Å². The summed E-state index contributed by atoms with van der Waals surface area (Å²) in [6, 6.07) is 0.940. The van der Waals surface area contributed by atoms with Crippen LogP contribution in [0.4, 0.5) is 14.5 Å². The minimum Gasteiger partial charge on any atom is -0.309 e. The molecule has 1 unspecified atom stereocenters. The molecule has 1 aliphatic rings. The van der Waals surface area contributed by atoms with E-state index < -0.39 is 49.3 Å². The number of hydrogen-bond acceptors (Lipinski definition) is 3. The Morgan fingerprint density at radius 1 is 1.33 bits per heavy atom. The van der Waals surface area contributed by atoms with Crippen molar-refractivity contribution in [2.75, 3.05) is 17.2 Å². The molecule has 10 heteroatoms. The molecule has 0 aromatic heterocycles. The van der Waals surface area contributed by atoms with Gasteiger partial charge in [0.15, 0.2) is 11.6 Å². The SMILES string of the molecule is NS(=O)(=O)CC1CC(=O)N(c2cc(Cl)c(F)c(Cl)c2F)C1. The van der Waals surface area contributed by atoms with Crippen molar-refractivity contribution in [1.82, 2.24) is 0 Å². The summed E-state index contributed by atoms with van der Waals surface area (Å²) in [5.41, 5.74) is -0.284. The lowest BCUT2D eigenvalue weighted by molar-refractivity contribution is -0.117. The van der Waals surface area contributed by atoms with Crippen molar-refractivity contribution in [3.63, 3.8) is 0 Å². The predicted molar refractivity (Wildman–Crippen MR) is 74.8 cm³/mol. The number of sulfonamides is 1. The molecule has 0 aliphatic carbocycles. The van der Waals surface area contributed by atoms with Crippen LogP contribution in [0.25, 0.3) is 0 Å². The van der Waals surface area contributed by atoms with Crippen LogP contribution in [0.1, 0.15) is 6.42 Å². The number of anilines is 1. The third-order valence-corrected chi connectivity index (χ3v) is 4.59. The van der Waals surface area contributed by atoms with Gasteiger partial charge in [0.2, 0.25) is 15.9 Å². The molecule has 1 amide bonds. The standard InChI is InChI=1S/C11H10Cl2F2N2O3S/c12-6-2-7(11(15)9(13)10(6)14)17-3-5(1-8(17)18)4-21(16,19)20/h2,5H,1,3-4H2,(H2,16,19,20). The minimum atomic E-state index is -3.75. The number of halogens is 4. The predicted octanol–water partition coefficient (Wildman–Crippen LogP) is 1.91. The van der Waals surface area contributed by atoms with Gasteiger partial charge in [-0.3, -0.25) is 4.79 Å². The summed E-state index contributed by atoms with van der Waals surface area (Å²) in [4.78, 5) is 12.9. The van der Waals surface area contributed by atoms with Gasteiger partial charge in [-0.25, -0.2) is 22.3 Å². The van der Waals surface area contributed by atoms with E-state index in [1.165, 1.54) is 0 Å². The topological polar surface area (TPSA) is 80.5 Å². The fourth-order valence-corrected chi connectivity index (χ4v) is 3.54. The number of rotatable bonds is 3. The van der Waals surface area contributed by atoms with Crippen LogP contribution in [0, 0.1) is 17.6 Å². The fraction of sp³-hybridized carbons (Fsp3) is 0.364. The normalized spacial score (nSPS) is 19.4. The Bertz CT molecular complexity index is 712. The van der Waals surface area contributed by atoms with Crippen LogP contribution < -0.4 is 10.0 Å². The zero-order valence-electron chi connectivity index (χ0n) is 10.4. The van der Waals surface area contributed by atoms with Crippen LogP contribution in [0.15, 0.2) is 6.07 Å². The lowest BCUT2D eigenvalue weighted by Gasteiger charge is -2.18. The van der Waals surface area contributed by atoms with Gasteiger partial charge in [-0.05, 0) is 6.07 Å². The molecule has 1 aliphatic heterocycles. The highest BCUT2D eigenvalue weighted by atomic mass is 35.5. The number of benzene rings is 1. The van der Waals surface area contributed by atoms with E-state index in [2.05, 4.69) is 0 Å². The van der Waals surface area contributed by atoms with Gasteiger partial charge in [0, 0.05) is 18.9 Å². The molecule has 1 saturated heterocycles. The molecule has 1 aromatic carbocycles. The first kappa shape index (κ1) is 16.4. The molecule has 21 heavy (non-hydrogen) atoms. The molecule has 0 saturated carbocycles. The molecule has 2 rings (SSSR count). The molecule has 0 radical (unpaired) electrons. The molecule has 1 atom stereocenters. The van der Waals surface area contributed by atoms with Crippen molar-refractivity contribution in [3.8, 4) is 0 Å². The monoisotopic (exact) mass is 358 g/mol. The lowest BCUT2D eigenvalue weighted by atomic mass is 10.1. The molecular weight excluding hydrogens is 349 g/mol. The Morgan fingerprint density at radius 3 is 2.52 bits per heavy atom. The summed E-state index contributed by atoms with van der Waals surface area (Å²) in [5.74, 6) is -3.73. The first-order valence-corrected chi connectivity index (χ1v) is 8.21. The van der Waals surface area contributed by atoms with Crippen molar-refractivity contribution in [2.24, 2.45) is 11.1 Å². The quantitative estimate of drug-likeness (QED) is 0.661. The number of nitrogens with two attached hydrogens (primary N) is 1. The summed E-state index contributed by atoms with van der Waals surface area (Å²) in [5, 5.41) is 3.67. The van der Waals surface area contributed by atoms with Crippen LogP contribution in [-0.2, 0) is 14.8 Å². The summed E-state index contributed by atoms with van der Waals surface area (Å²) in [7, 11) is -3.75. The van der Waals surface area contributed by atoms with Gasteiger partial charge < -0.3 is 4.90 Å². The number of nitrogens with zero attached hydrogens (tertiary/aromatic N) is 1. The molecule has 116 valence electrons. The summed E-state index contributed by atoms with van der Waals surface area (Å²) >= 11 is 11.0. The third-order valence-electron chi connectivity index (χ3n) is 3.05. The van der Waals surface area contributed by atoms with Crippen molar-refractivity contribution in [3.05, 3.63) is 27.7 Å². The van der Waals surface area contributed by atoms with Gasteiger partial charge >= 0.3 is 0 Å². The van der Waals surface area contributed by atoms with E-state index in [1.54, 1.807) is 0 Å². The van der Waals surface area contributed by atoms with E-state index in [0.717, 1.165) is 11.0 Å². The highest BCUT2D eigenvalue weighted by Crippen LogP contribution is 2.36. The number of hydrogen-bond donors (Lipinski definition) is 1. The van der Waals surface area contributed by atoms with Crippen molar-refractivity contribution >= 4 is 44.8 Å². The smallest absolute Gasteiger partial charge is 0.227 e. The van der Waals surface area contributed by atoms with E-state index in [9.17, 15) is 22.0 Å². The second kappa shape index (κ2) is 5.68. The highest BCUT2D eigenvalue weighted by Gasteiger charge is 2.35. The molecule has 1 heterocycles. The molecule has 0 bridgehead atoms. The molecule has 1 aromatic rings. The number of carbonyl (C=O) groups excluding carboxylic acids is 1. The molecule has 5 nitrogen and oxygen atoms in total. The highest BCUT2D eigenvalue weighted by molar-refractivity contribution is 7.89. The zero-order valence-corrected chi connectivity index (χ0v) is 12.8. The molecule has 1 fully saturated rings. The van der Waals surface area contributed by atoms with E-state index in [1.807, 2.05) is 0 Å². The van der Waals surface area contributed by atoms with Gasteiger partial charge in [0.1, 0.15) is 5.02 Å². The van der Waals surface area contributed by atoms with Crippen LogP contribution in [-0.4, -0.2) is 26.6 Å². The summed E-state index contributed by atoms with van der Waals surface area (Å²) in [6.45, 7) is -0.0650. The maximum atomic E-state index is 14.0. The van der Waals surface area contributed by atoms with E-state index >= 15 is 0 Å². The Labute approximate surface area is 129 Å². The summed E-state index contributed by atoms with van der Waals surface area (Å²) in [6.07, 6.45) is -0.109. The lowest BCUT2D eigenvalue weighted by Crippen LogP contribution is -2.28. The Kier molecular flexibility index (Phi) is 4.44. The Morgan fingerprint density at radius 2 is 1.95 bits per heavy atom. The van der Waals surface area contributed by atoms with Crippen LogP contribution in [0.2, 0.25) is 10.0 Å². The van der Waals surface area contributed by atoms with Gasteiger partial charge in [-0.15, -0.1) is 0 Å². The Balaban J connectivity index is 2.34. The van der Waals surface area contributed by atoms with Crippen molar-refractivity contribution < 1.29 is 22.0 Å². The molecule has 0 spiro atoms. The maximum absolute atomic E-state index is 14.0. The average Bonchev–Trinajstić information content (AvgIpc) is 2.69. The third kappa shape index (κ3) is 3.45. The second-order valence-electron chi connectivity index (χ2n) is 4.72.